The van der Waals surface area contributed by atoms with Crippen LogP contribution in [0.3, 0.4) is 0 Å². The minimum atomic E-state index is -4.46. The van der Waals surface area contributed by atoms with Crippen LogP contribution in [-0.2, 0) is 19.8 Å². The van der Waals surface area contributed by atoms with Crippen molar-refractivity contribution < 1.29 is 13.2 Å². The molecule has 1 aliphatic carbocycles. The fraction of sp³-hybridized carbons (Fsp3) is 0.471. The molecule has 0 aliphatic heterocycles. The third-order valence-electron chi connectivity index (χ3n) is 4.77. The Labute approximate surface area is 142 Å². The molecule has 0 atom stereocenters. The first kappa shape index (κ1) is 16.1. The van der Waals surface area contributed by atoms with E-state index in [1.165, 1.54) is 4.68 Å². The third kappa shape index (κ3) is 2.51. The van der Waals surface area contributed by atoms with Gasteiger partial charge in [0, 0.05) is 30.8 Å². The number of hydrogen-bond acceptors (Lipinski definition) is 3. The highest BCUT2D eigenvalue weighted by molar-refractivity contribution is 5.86. The van der Waals surface area contributed by atoms with Crippen molar-refractivity contribution in [2.75, 3.05) is 0 Å². The summed E-state index contributed by atoms with van der Waals surface area (Å²) in [5, 5.41) is 8.70. The summed E-state index contributed by atoms with van der Waals surface area (Å²) in [6.45, 7) is 4.42. The number of aryl methyl sites for hydroxylation is 2. The zero-order valence-electron chi connectivity index (χ0n) is 14.2. The minimum Gasteiger partial charge on any atom is -0.269 e. The first-order valence-electron chi connectivity index (χ1n) is 8.28. The Hall–Kier alpha value is -2.38. The average Bonchev–Trinajstić information content (AvgIpc) is 3.25. The van der Waals surface area contributed by atoms with Crippen molar-refractivity contribution in [2.45, 2.75) is 45.3 Å². The molecule has 8 heteroatoms. The molecular weight excluding hydrogens is 331 g/mol. The topological polar surface area (TPSA) is 48.5 Å². The molecule has 1 aliphatic rings. The van der Waals surface area contributed by atoms with E-state index in [2.05, 4.69) is 15.2 Å². The van der Waals surface area contributed by atoms with Gasteiger partial charge in [-0.2, -0.15) is 23.4 Å². The summed E-state index contributed by atoms with van der Waals surface area (Å²) in [5.74, 6) is 0.113. The lowest BCUT2D eigenvalue weighted by atomic mass is 10.0. The van der Waals surface area contributed by atoms with Crippen molar-refractivity contribution in [3.8, 4) is 11.3 Å². The Morgan fingerprint density at radius 2 is 2.00 bits per heavy atom. The minimum absolute atomic E-state index is 0.113. The van der Waals surface area contributed by atoms with Gasteiger partial charge in [-0.25, -0.2) is 4.98 Å². The molecule has 1 fully saturated rings. The summed E-state index contributed by atoms with van der Waals surface area (Å²) in [4.78, 5) is 4.51. The molecule has 1 saturated carbocycles. The highest BCUT2D eigenvalue weighted by Gasteiger charge is 2.39. The normalized spacial score (nSPS) is 15.3. The maximum absolute atomic E-state index is 13.8. The van der Waals surface area contributed by atoms with E-state index in [1.807, 2.05) is 13.8 Å². The van der Waals surface area contributed by atoms with Crippen LogP contribution in [-0.4, -0.2) is 24.5 Å². The van der Waals surface area contributed by atoms with Crippen molar-refractivity contribution in [1.29, 1.82) is 0 Å². The highest BCUT2D eigenvalue weighted by atomic mass is 19.4. The van der Waals surface area contributed by atoms with Crippen molar-refractivity contribution in [2.24, 2.45) is 7.05 Å². The van der Waals surface area contributed by atoms with Crippen LogP contribution in [0.4, 0.5) is 13.2 Å². The Balaban J connectivity index is 2.01. The Bertz CT molecular complexity index is 963. The molecule has 0 unspecified atom stereocenters. The molecule has 4 rings (SSSR count). The molecule has 0 saturated heterocycles. The molecule has 3 aromatic rings. The largest absolute Gasteiger partial charge is 0.417 e. The van der Waals surface area contributed by atoms with Gasteiger partial charge in [-0.1, -0.05) is 0 Å². The Morgan fingerprint density at radius 3 is 2.56 bits per heavy atom. The van der Waals surface area contributed by atoms with Gasteiger partial charge in [0.25, 0.3) is 0 Å². The monoisotopic (exact) mass is 349 g/mol. The summed E-state index contributed by atoms with van der Waals surface area (Å²) in [7, 11) is 1.65. The fourth-order valence-electron chi connectivity index (χ4n) is 3.30. The van der Waals surface area contributed by atoms with Crippen LogP contribution in [0.2, 0.25) is 0 Å². The van der Waals surface area contributed by atoms with Crippen LogP contribution in [0.15, 0.2) is 12.3 Å². The van der Waals surface area contributed by atoms with Gasteiger partial charge in [0.1, 0.15) is 0 Å². The standard InChI is InChI=1S/C17H18F3N5/c1-4-25-9(2)11(8-21-25)13-7-12(17(18,19)20)14-15(10-5-6-10)23-24(3)16(14)22-13/h7-8,10H,4-6H2,1-3H3. The molecule has 5 nitrogen and oxygen atoms in total. The van der Waals surface area contributed by atoms with Crippen LogP contribution in [0, 0.1) is 6.92 Å². The molecule has 0 amide bonds. The van der Waals surface area contributed by atoms with Gasteiger partial charge in [-0.15, -0.1) is 0 Å². The predicted molar refractivity (Wildman–Crippen MR) is 87.1 cm³/mol. The number of fused-ring (bicyclic) bond motifs is 1. The number of rotatable bonds is 3. The van der Waals surface area contributed by atoms with Gasteiger partial charge in [0.05, 0.1) is 28.5 Å². The smallest absolute Gasteiger partial charge is 0.269 e. The van der Waals surface area contributed by atoms with Gasteiger partial charge in [-0.05, 0) is 32.8 Å². The van der Waals surface area contributed by atoms with Gasteiger partial charge in [0.15, 0.2) is 5.65 Å². The lowest BCUT2D eigenvalue weighted by Crippen LogP contribution is -2.08. The summed E-state index contributed by atoms with van der Waals surface area (Å²) >= 11 is 0. The summed E-state index contributed by atoms with van der Waals surface area (Å²) in [5.41, 5.74) is 1.82. The first-order valence-corrected chi connectivity index (χ1v) is 8.28. The summed E-state index contributed by atoms with van der Waals surface area (Å²) in [6.07, 6.45) is -1.12. The van der Waals surface area contributed by atoms with Crippen molar-refractivity contribution in [3.05, 3.63) is 29.2 Å². The molecule has 0 bridgehead atoms. The van der Waals surface area contributed by atoms with Crippen molar-refractivity contribution in [1.82, 2.24) is 24.5 Å². The number of nitrogens with zero attached hydrogens (tertiary/aromatic N) is 5. The Kier molecular flexibility index (Phi) is 3.42. The third-order valence-corrected chi connectivity index (χ3v) is 4.77. The average molecular weight is 349 g/mol. The molecule has 25 heavy (non-hydrogen) atoms. The number of aromatic nitrogens is 5. The van der Waals surface area contributed by atoms with Gasteiger partial charge >= 0.3 is 6.18 Å². The summed E-state index contributed by atoms with van der Waals surface area (Å²) in [6, 6.07) is 1.14. The number of halogens is 3. The fourth-order valence-corrected chi connectivity index (χ4v) is 3.30. The number of alkyl halides is 3. The van der Waals surface area contributed by atoms with Crippen LogP contribution in [0.1, 0.15) is 42.6 Å². The van der Waals surface area contributed by atoms with Gasteiger partial charge in [-0.3, -0.25) is 9.36 Å². The van der Waals surface area contributed by atoms with E-state index in [9.17, 15) is 13.2 Å². The number of hydrogen-bond donors (Lipinski definition) is 0. The van der Waals surface area contributed by atoms with Crippen molar-refractivity contribution >= 4 is 11.0 Å². The second-order valence-corrected chi connectivity index (χ2v) is 6.49. The van der Waals surface area contributed by atoms with Crippen LogP contribution in [0.5, 0.6) is 0 Å². The van der Waals surface area contributed by atoms with E-state index in [1.54, 1.807) is 17.9 Å². The van der Waals surface area contributed by atoms with Crippen LogP contribution in [0.25, 0.3) is 22.3 Å². The highest BCUT2D eigenvalue weighted by Crippen LogP contribution is 2.46. The maximum atomic E-state index is 13.8. The second kappa shape index (κ2) is 5.31. The van der Waals surface area contributed by atoms with Crippen LogP contribution >= 0.6 is 0 Å². The van der Waals surface area contributed by atoms with Gasteiger partial charge < -0.3 is 0 Å². The maximum Gasteiger partial charge on any atom is 0.417 e. The zero-order valence-corrected chi connectivity index (χ0v) is 14.2. The van der Waals surface area contributed by atoms with E-state index >= 15 is 0 Å². The molecule has 3 aromatic heterocycles. The lowest BCUT2D eigenvalue weighted by Gasteiger charge is -2.11. The summed E-state index contributed by atoms with van der Waals surface area (Å²) < 4.78 is 44.5. The van der Waals surface area contributed by atoms with E-state index in [0.717, 1.165) is 24.6 Å². The van der Waals surface area contributed by atoms with E-state index in [0.29, 0.717) is 17.8 Å². The molecule has 132 valence electrons. The lowest BCUT2D eigenvalue weighted by molar-refractivity contribution is -0.136. The predicted octanol–water partition coefficient (Wildman–Crippen LogP) is 4.06. The molecular formula is C17H18F3N5. The molecule has 0 aromatic carbocycles. The zero-order chi connectivity index (χ0) is 17.9. The first-order chi connectivity index (χ1) is 11.8. The van der Waals surface area contributed by atoms with E-state index in [-0.39, 0.29) is 22.6 Å². The second-order valence-electron chi connectivity index (χ2n) is 6.49. The van der Waals surface area contributed by atoms with E-state index < -0.39 is 11.7 Å². The van der Waals surface area contributed by atoms with E-state index in [4.69, 9.17) is 0 Å². The molecule has 0 radical (unpaired) electrons. The molecule has 3 heterocycles. The quantitative estimate of drug-likeness (QED) is 0.716. The van der Waals surface area contributed by atoms with Gasteiger partial charge in [0.2, 0.25) is 0 Å². The Morgan fingerprint density at radius 1 is 1.28 bits per heavy atom. The SMILES string of the molecule is CCn1ncc(-c2cc(C(F)(F)F)c3c(C4CC4)nn(C)c3n2)c1C. The van der Waals surface area contributed by atoms with Crippen molar-refractivity contribution in [3.63, 3.8) is 0 Å². The molecule has 0 N–H and O–H groups in total. The van der Waals surface area contributed by atoms with Crippen LogP contribution < -0.4 is 0 Å². The molecule has 0 spiro atoms. The number of pyridine rings is 1.